The molecule has 1 aliphatic heterocycles. The van der Waals surface area contributed by atoms with Gasteiger partial charge in [0.15, 0.2) is 6.29 Å². The van der Waals surface area contributed by atoms with Crippen LogP contribution in [-0.4, -0.2) is 25.5 Å². The van der Waals surface area contributed by atoms with Gasteiger partial charge in [-0.15, -0.1) is 0 Å². The normalized spacial score (nSPS) is 21.4. The molecule has 0 aliphatic carbocycles. The summed E-state index contributed by atoms with van der Waals surface area (Å²) in [4.78, 5) is 21.5. The summed E-state index contributed by atoms with van der Waals surface area (Å²) in [5, 5.41) is 0. The van der Waals surface area contributed by atoms with Gasteiger partial charge in [0.25, 0.3) is 0 Å². The van der Waals surface area contributed by atoms with Crippen LogP contribution < -0.4 is 0 Å². The molecule has 0 bridgehead atoms. The first kappa shape index (κ1) is 12.7. The van der Waals surface area contributed by atoms with Crippen molar-refractivity contribution >= 4 is 12.3 Å². The lowest BCUT2D eigenvalue weighted by Crippen LogP contribution is -2.02. The monoisotopic (exact) mass is 252 g/mol. The number of epoxide rings is 1. The number of methoxy groups -OCH3 is 1. The minimum absolute atomic E-state index is 0.196. The van der Waals surface area contributed by atoms with Gasteiger partial charge < -0.3 is 14.3 Å². The molecule has 2 atom stereocenters. The van der Waals surface area contributed by atoms with Gasteiger partial charge in [-0.2, -0.15) is 0 Å². The number of aldehydes is 1. The Bertz CT molecular complexity index is 472. The van der Waals surface area contributed by atoms with Gasteiger partial charge in [0.05, 0.1) is 7.11 Å². The number of ether oxygens (including phenoxy) is 2. The number of rotatable bonds is 5. The summed E-state index contributed by atoms with van der Waals surface area (Å²) in [7, 11) is 1.31. The zero-order valence-corrected chi connectivity index (χ0v) is 9.89. The lowest BCUT2D eigenvalue weighted by atomic mass is 10.0. The Labute approximate surface area is 104 Å². The second-order valence-electron chi connectivity index (χ2n) is 4.13. The van der Waals surface area contributed by atoms with E-state index in [-0.39, 0.29) is 18.5 Å². The van der Waals surface area contributed by atoms with E-state index in [0.717, 1.165) is 0 Å². The lowest BCUT2D eigenvalue weighted by molar-refractivity contribution is -0.140. The maximum Gasteiger partial charge on any atom is 0.305 e. The molecule has 1 fully saturated rings. The fourth-order valence-corrected chi connectivity index (χ4v) is 1.83. The highest BCUT2D eigenvalue weighted by atomic mass is 19.1. The average Bonchev–Trinajstić information content (AvgIpc) is 3.14. The molecule has 1 aromatic rings. The summed E-state index contributed by atoms with van der Waals surface area (Å²) >= 11 is 0. The van der Waals surface area contributed by atoms with Crippen molar-refractivity contribution in [3.63, 3.8) is 0 Å². The number of aryl methyl sites for hydroxylation is 1. The molecule has 2 rings (SSSR count). The zero-order chi connectivity index (χ0) is 13.1. The van der Waals surface area contributed by atoms with Crippen LogP contribution in [0.1, 0.15) is 23.7 Å². The molecule has 18 heavy (non-hydrogen) atoms. The topological polar surface area (TPSA) is 55.9 Å². The molecule has 0 amide bonds. The molecule has 1 aromatic carbocycles. The molecule has 0 radical (unpaired) electrons. The van der Waals surface area contributed by atoms with Crippen molar-refractivity contribution in [3.05, 3.63) is 35.1 Å². The maximum absolute atomic E-state index is 13.4. The van der Waals surface area contributed by atoms with E-state index >= 15 is 0 Å². The van der Waals surface area contributed by atoms with E-state index < -0.39 is 11.9 Å². The fraction of sp³-hybridized carbons (Fsp3) is 0.385. The molecule has 1 aliphatic rings. The predicted octanol–water partition coefficient (Wildman–Crippen LogP) is 1.57. The van der Waals surface area contributed by atoms with E-state index in [0.29, 0.717) is 23.8 Å². The number of hydrogen-bond acceptors (Lipinski definition) is 4. The third kappa shape index (κ3) is 2.92. The van der Waals surface area contributed by atoms with E-state index in [9.17, 15) is 14.0 Å². The van der Waals surface area contributed by atoms with Gasteiger partial charge in [0.1, 0.15) is 18.0 Å². The summed E-state index contributed by atoms with van der Waals surface area (Å²) in [6, 6.07) is 4.46. The van der Waals surface area contributed by atoms with E-state index in [4.69, 9.17) is 4.74 Å². The van der Waals surface area contributed by atoms with Crippen molar-refractivity contribution in [2.45, 2.75) is 25.0 Å². The number of carbonyl (C=O) groups excluding carboxylic acids is 2. The molecule has 2 unspecified atom stereocenters. The number of benzene rings is 1. The predicted molar refractivity (Wildman–Crippen MR) is 60.4 cm³/mol. The van der Waals surface area contributed by atoms with E-state index in [2.05, 4.69) is 4.74 Å². The van der Waals surface area contributed by atoms with E-state index in [1.807, 2.05) is 0 Å². The van der Waals surface area contributed by atoms with Gasteiger partial charge in [-0.05, 0) is 29.7 Å². The van der Waals surface area contributed by atoms with Crippen molar-refractivity contribution in [3.8, 4) is 0 Å². The smallest absolute Gasteiger partial charge is 0.305 e. The van der Waals surface area contributed by atoms with Crippen molar-refractivity contribution in [2.24, 2.45) is 0 Å². The molecular weight excluding hydrogens is 239 g/mol. The van der Waals surface area contributed by atoms with Crippen LogP contribution in [-0.2, 0) is 25.5 Å². The largest absolute Gasteiger partial charge is 0.469 e. The second-order valence-corrected chi connectivity index (χ2v) is 4.13. The van der Waals surface area contributed by atoms with E-state index in [1.165, 1.54) is 19.2 Å². The minimum Gasteiger partial charge on any atom is -0.469 e. The Balaban J connectivity index is 2.07. The fourth-order valence-electron chi connectivity index (χ4n) is 1.83. The van der Waals surface area contributed by atoms with Crippen LogP contribution in [0.2, 0.25) is 0 Å². The number of hydrogen-bond donors (Lipinski definition) is 0. The van der Waals surface area contributed by atoms with Gasteiger partial charge >= 0.3 is 5.97 Å². The van der Waals surface area contributed by atoms with Gasteiger partial charge in [-0.1, -0.05) is 6.07 Å². The molecule has 0 aromatic heterocycles. The highest BCUT2D eigenvalue weighted by Gasteiger charge is 2.40. The summed E-state index contributed by atoms with van der Waals surface area (Å²) in [6.45, 7) is 0. The molecule has 96 valence electrons. The van der Waals surface area contributed by atoms with E-state index in [1.54, 1.807) is 6.07 Å². The number of esters is 1. The highest BCUT2D eigenvalue weighted by Crippen LogP contribution is 2.37. The van der Waals surface area contributed by atoms with Crippen LogP contribution in [0, 0.1) is 5.82 Å². The van der Waals surface area contributed by atoms with Crippen LogP contribution in [0.15, 0.2) is 18.2 Å². The lowest BCUT2D eigenvalue weighted by Gasteiger charge is -2.04. The summed E-state index contributed by atoms with van der Waals surface area (Å²) < 4.78 is 23.0. The van der Waals surface area contributed by atoms with Crippen LogP contribution >= 0.6 is 0 Å². The maximum atomic E-state index is 13.4. The Hall–Kier alpha value is -1.75. The molecule has 0 N–H and O–H groups in total. The summed E-state index contributed by atoms with van der Waals surface area (Å²) in [6.07, 6.45) is 0.470. The molecule has 0 saturated carbocycles. The Morgan fingerprint density at radius 3 is 2.89 bits per heavy atom. The Kier molecular flexibility index (Phi) is 3.72. The molecular formula is C13H13FO4. The first-order valence-corrected chi connectivity index (χ1v) is 5.61. The number of halogens is 1. The third-order valence-corrected chi connectivity index (χ3v) is 2.81. The Morgan fingerprint density at radius 1 is 1.50 bits per heavy atom. The SMILES string of the molecule is COC(=O)CCc1cc(F)cc(C2OC2C=O)c1. The van der Waals surface area contributed by atoms with Gasteiger partial charge in [0.2, 0.25) is 0 Å². The molecule has 1 heterocycles. The van der Waals surface area contributed by atoms with Crippen molar-refractivity contribution in [1.82, 2.24) is 0 Å². The first-order chi connectivity index (χ1) is 8.63. The van der Waals surface area contributed by atoms with Gasteiger partial charge in [-0.3, -0.25) is 4.79 Å². The van der Waals surface area contributed by atoms with Gasteiger partial charge in [0, 0.05) is 6.42 Å². The average molecular weight is 252 g/mol. The minimum atomic E-state index is -0.472. The zero-order valence-electron chi connectivity index (χ0n) is 9.89. The standard InChI is InChI=1S/C13H13FO4/c1-17-12(16)3-2-8-4-9(6-10(14)5-8)13-11(7-15)18-13/h4-7,11,13H,2-3H2,1H3. The molecule has 5 heteroatoms. The Morgan fingerprint density at radius 2 is 2.28 bits per heavy atom. The van der Waals surface area contributed by atoms with Crippen molar-refractivity contribution in [1.29, 1.82) is 0 Å². The third-order valence-electron chi connectivity index (χ3n) is 2.81. The van der Waals surface area contributed by atoms with Crippen molar-refractivity contribution in [2.75, 3.05) is 7.11 Å². The van der Waals surface area contributed by atoms with Gasteiger partial charge in [-0.25, -0.2) is 4.39 Å². The summed E-state index contributed by atoms with van der Waals surface area (Å²) in [5.41, 5.74) is 1.32. The van der Waals surface area contributed by atoms with Crippen molar-refractivity contribution < 1.29 is 23.5 Å². The quantitative estimate of drug-likeness (QED) is 0.453. The van der Waals surface area contributed by atoms with Crippen LogP contribution in [0.25, 0.3) is 0 Å². The molecule has 0 spiro atoms. The summed E-state index contributed by atoms with van der Waals surface area (Å²) in [5.74, 6) is -0.734. The highest BCUT2D eigenvalue weighted by molar-refractivity contribution is 5.69. The molecule has 1 saturated heterocycles. The van der Waals surface area contributed by atoms with Crippen LogP contribution in [0.4, 0.5) is 4.39 Å². The molecule has 4 nitrogen and oxygen atoms in total. The first-order valence-electron chi connectivity index (χ1n) is 5.61. The number of carbonyl (C=O) groups is 2. The van der Waals surface area contributed by atoms with Crippen LogP contribution in [0.5, 0.6) is 0 Å². The van der Waals surface area contributed by atoms with Crippen LogP contribution in [0.3, 0.4) is 0 Å². The second kappa shape index (κ2) is 5.27.